The molecule has 1 N–H and O–H groups in total. The number of halogens is 1. The summed E-state index contributed by atoms with van der Waals surface area (Å²) in [4.78, 5) is 39.7. The van der Waals surface area contributed by atoms with Crippen LogP contribution in [0.25, 0.3) is 5.69 Å². The molecule has 23 heavy (non-hydrogen) atoms. The molecule has 1 aliphatic rings. The SMILES string of the molecule is CCOC(=O)c1c(C2CC2)[nH]c(=O)n(-c2ccc(F)cc2)c1=O. The van der Waals surface area contributed by atoms with E-state index in [-0.39, 0.29) is 23.8 Å². The average Bonchev–Trinajstić information content (AvgIpc) is 3.33. The fourth-order valence-corrected chi connectivity index (χ4v) is 2.46. The maximum absolute atomic E-state index is 13.0. The molecule has 2 aromatic rings. The molecular weight excluding hydrogens is 303 g/mol. The number of nitrogens with zero attached hydrogens (tertiary/aromatic N) is 1. The van der Waals surface area contributed by atoms with Gasteiger partial charge in [0, 0.05) is 11.6 Å². The van der Waals surface area contributed by atoms with Gasteiger partial charge in [-0.25, -0.2) is 18.5 Å². The topological polar surface area (TPSA) is 81.2 Å². The second-order valence-corrected chi connectivity index (χ2v) is 5.33. The van der Waals surface area contributed by atoms with Crippen molar-refractivity contribution in [1.29, 1.82) is 0 Å². The molecule has 1 aromatic carbocycles. The molecule has 0 unspecified atom stereocenters. The van der Waals surface area contributed by atoms with Crippen molar-refractivity contribution < 1.29 is 13.9 Å². The molecule has 1 aromatic heterocycles. The number of hydrogen-bond donors (Lipinski definition) is 1. The molecule has 3 rings (SSSR count). The van der Waals surface area contributed by atoms with Crippen LogP contribution in [0.4, 0.5) is 4.39 Å². The first kappa shape index (κ1) is 15.2. The van der Waals surface area contributed by atoms with Gasteiger partial charge in [-0.1, -0.05) is 0 Å². The molecule has 0 radical (unpaired) electrons. The Hall–Kier alpha value is -2.70. The lowest BCUT2D eigenvalue weighted by molar-refractivity contribution is 0.0521. The number of carbonyl (C=O) groups excluding carboxylic acids is 1. The molecule has 0 amide bonds. The van der Waals surface area contributed by atoms with Crippen molar-refractivity contribution in [2.45, 2.75) is 25.7 Å². The first-order chi connectivity index (χ1) is 11.0. The van der Waals surface area contributed by atoms with Crippen LogP contribution in [0.5, 0.6) is 0 Å². The Morgan fingerprint density at radius 1 is 1.30 bits per heavy atom. The summed E-state index contributed by atoms with van der Waals surface area (Å²) >= 11 is 0. The highest BCUT2D eigenvalue weighted by molar-refractivity contribution is 5.90. The Morgan fingerprint density at radius 2 is 1.96 bits per heavy atom. The van der Waals surface area contributed by atoms with Crippen LogP contribution in [-0.4, -0.2) is 22.1 Å². The fraction of sp³-hybridized carbons (Fsp3) is 0.312. The van der Waals surface area contributed by atoms with Crippen LogP contribution in [-0.2, 0) is 4.74 Å². The highest BCUT2D eigenvalue weighted by Gasteiger charge is 2.33. The number of ether oxygens (including phenoxy) is 1. The lowest BCUT2D eigenvalue weighted by atomic mass is 10.1. The Kier molecular flexibility index (Phi) is 3.85. The van der Waals surface area contributed by atoms with Gasteiger partial charge in [0.1, 0.15) is 11.4 Å². The number of nitrogens with one attached hydrogen (secondary N) is 1. The first-order valence-electron chi connectivity index (χ1n) is 7.35. The van der Waals surface area contributed by atoms with Crippen molar-refractivity contribution in [3.63, 3.8) is 0 Å². The molecule has 0 spiro atoms. The molecule has 1 fully saturated rings. The van der Waals surface area contributed by atoms with Crippen LogP contribution in [0, 0.1) is 5.82 Å². The highest BCUT2D eigenvalue weighted by atomic mass is 19.1. The van der Waals surface area contributed by atoms with Crippen molar-refractivity contribution in [2.24, 2.45) is 0 Å². The summed E-state index contributed by atoms with van der Waals surface area (Å²) in [5.41, 5.74) is -1.04. The van der Waals surface area contributed by atoms with Crippen LogP contribution in [0.1, 0.15) is 41.7 Å². The van der Waals surface area contributed by atoms with E-state index in [9.17, 15) is 18.8 Å². The maximum Gasteiger partial charge on any atom is 0.345 e. The smallest absolute Gasteiger partial charge is 0.345 e. The second-order valence-electron chi connectivity index (χ2n) is 5.33. The van der Waals surface area contributed by atoms with Gasteiger partial charge in [-0.2, -0.15) is 0 Å². The fourth-order valence-electron chi connectivity index (χ4n) is 2.46. The lowest BCUT2D eigenvalue weighted by Crippen LogP contribution is -2.39. The zero-order chi connectivity index (χ0) is 16.6. The summed E-state index contributed by atoms with van der Waals surface area (Å²) in [6.07, 6.45) is 1.62. The van der Waals surface area contributed by atoms with Gasteiger partial charge in [-0.15, -0.1) is 0 Å². The van der Waals surface area contributed by atoms with Crippen LogP contribution in [0.15, 0.2) is 33.9 Å². The van der Waals surface area contributed by atoms with E-state index in [2.05, 4.69) is 4.98 Å². The zero-order valence-electron chi connectivity index (χ0n) is 12.5. The van der Waals surface area contributed by atoms with E-state index in [1.807, 2.05) is 0 Å². The number of carbonyl (C=O) groups is 1. The van der Waals surface area contributed by atoms with Gasteiger partial charge >= 0.3 is 11.7 Å². The molecule has 0 saturated heterocycles. The van der Waals surface area contributed by atoms with Gasteiger partial charge in [-0.3, -0.25) is 4.79 Å². The predicted molar refractivity (Wildman–Crippen MR) is 80.5 cm³/mol. The van der Waals surface area contributed by atoms with E-state index in [1.165, 1.54) is 12.1 Å². The van der Waals surface area contributed by atoms with Gasteiger partial charge in [0.05, 0.1) is 12.3 Å². The molecular formula is C16H15FN2O4. The van der Waals surface area contributed by atoms with E-state index < -0.39 is 23.0 Å². The van der Waals surface area contributed by atoms with Crippen molar-refractivity contribution in [3.05, 3.63) is 62.2 Å². The van der Waals surface area contributed by atoms with Gasteiger partial charge < -0.3 is 9.72 Å². The largest absolute Gasteiger partial charge is 0.462 e. The summed E-state index contributed by atoms with van der Waals surface area (Å²) < 4.78 is 18.8. The third kappa shape index (κ3) is 2.81. The van der Waals surface area contributed by atoms with Crippen molar-refractivity contribution in [1.82, 2.24) is 9.55 Å². The van der Waals surface area contributed by atoms with Crippen LogP contribution in [0.2, 0.25) is 0 Å². The zero-order valence-corrected chi connectivity index (χ0v) is 12.5. The molecule has 0 aliphatic heterocycles. The van der Waals surface area contributed by atoms with Crippen LogP contribution >= 0.6 is 0 Å². The summed E-state index contributed by atoms with van der Waals surface area (Å²) in [6.45, 7) is 1.76. The monoisotopic (exact) mass is 318 g/mol. The van der Waals surface area contributed by atoms with Crippen molar-refractivity contribution >= 4 is 5.97 Å². The number of benzene rings is 1. The molecule has 0 atom stereocenters. The van der Waals surface area contributed by atoms with E-state index in [1.54, 1.807) is 6.92 Å². The minimum Gasteiger partial charge on any atom is -0.462 e. The third-order valence-corrected chi connectivity index (χ3v) is 3.68. The van der Waals surface area contributed by atoms with Crippen LogP contribution in [0.3, 0.4) is 0 Å². The van der Waals surface area contributed by atoms with Gasteiger partial charge in [-0.05, 0) is 44.0 Å². The molecule has 7 heteroatoms. The van der Waals surface area contributed by atoms with E-state index in [0.717, 1.165) is 29.5 Å². The van der Waals surface area contributed by atoms with Crippen molar-refractivity contribution in [2.75, 3.05) is 6.61 Å². The standard InChI is InChI=1S/C16H15FN2O4/c1-2-23-15(21)12-13(9-3-4-9)18-16(22)19(14(12)20)11-7-5-10(17)6-8-11/h5-9H,2-4H2,1H3,(H,18,22). The Bertz CT molecular complexity index is 863. The quantitative estimate of drug-likeness (QED) is 0.870. The summed E-state index contributed by atoms with van der Waals surface area (Å²) in [6, 6.07) is 4.88. The Morgan fingerprint density at radius 3 is 2.52 bits per heavy atom. The highest BCUT2D eigenvalue weighted by Crippen LogP contribution is 2.39. The summed E-state index contributed by atoms with van der Waals surface area (Å²) in [5, 5.41) is 0. The normalized spacial score (nSPS) is 13.8. The van der Waals surface area contributed by atoms with Crippen LogP contribution < -0.4 is 11.2 Å². The number of esters is 1. The minimum atomic E-state index is -0.758. The number of aromatic amines is 1. The second kappa shape index (κ2) is 5.83. The molecule has 1 heterocycles. The molecule has 6 nitrogen and oxygen atoms in total. The number of rotatable bonds is 4. The van der Waals surface area contributed by atoms with E-state index >= 15 is 0 Å². The predicted octanol–water partition coefficient (Wildman–Crippen LogP) is 1.72. The number of hydrogen-bond acceptors (Lipinski definition) is 4. The minimum absolute atomic E-state index is 0.00215. The van der Waals surface area contributed by atoms with Gasteiger partial charge in [0.25, 0.3) is 5.56 Å². The number of H-pyrrole nitrogens is 1. The van der Waals surface area contributed by atoms with Gasteiger partial charge in [0.2, 0.25) is 0 Å². The summed E-state index contributed by atoms with van der Waals surface area (Å²) in [5.74, 6) is -1.25. The Labute approximate surface area is 130 Å². The van der Waals surface area contributed by atoms with Gasteiger partial charge in [0.15, 0.2) is 0 Å². The third-order valence-electron chi connectivity index (χ3n) is 3.68. The molecule has 0 bridgehead atoms. The molecule has 1 aliphatic carbocycles. The summed E-state index contributed by atoms with van der Waals surface area (Å²) in [7, 11) is 0. The number of aromatic nitrogens is 2. The van der Waals surface area contributed by atoms with E-state index in [4.69, 9.17) is 4.74 Å². The lowest BCUT2D eigenvalue weighted by Gasteiger charge is -2.11. The maximum atomic E-state index is 13.0. The van der Waals surface area contributed by atoms with E-state index in [0.29, 0.717) is 5.69 Å². The molecule has 1 saturated carbocycles. The Balaban J connectivity index is 2.23. The molecule has 120 valence electrons. The first-order valence-corrected chi connectivity index (χ1v) is 7.35. The van der Waals surface area contributed by atoms with Crippen molar-refractivity contribution in [3.8, 4) is 5.69 Å². The average molecular weight is 318 g/mol.